The van der Waals surface area contributed by atoms with Crippen LogP contribution < -0.4 is 4.73 Å². The molecule has 146 valence electrons. The molecule has 0 amide bonds. The summed E-state index contributed by atoms with van der Waals surface area (Å²) in [4.78, 5) is 13.8. The van der Waals surface area contributed by atoms with Gasteiger partial charge in [-0.25, -0.2) is 4.98 Å². The van der Waals surface area contributed by atoms with Crippen molar-refractivity contribution in [2.45, 2.75) is 13.1 Å². The summed E-state index contributed by atoms with van der Waals surface area (Å²) in [5.41, 5.74) is -3.04. The second-order valence-electron chi connectivity index (χ2n) is 5.72. The number of aryl methyl sites for hydroxylation is 1. The Hall–Kier alpha value is -3.83. The first kappa shape index (κ1) is 18.9. The molecule has 0 saturated carbocycles. The lowest BCUT2D eigenvalue weighted by atomic mass is 10.1. The van der Waals surface area contributed by atoms with Crippen molar-refractivity contribution < 1.29 is 37.5 Å². The Morgan fingerprint density at radius 2 is 1.93 bits per heavy atom. The molecule has 12 heteroatoms. The van der Waals surface area contributed by atoms with Crippen LogP contribution in [0.25, 0.3) is 22.7 Å². The maximum absolute atomic E-state index is 13.3. The first-order chi connectivity index (χ1) is 13.0. The number of nitro benzene ring substituents is 1. The van der Waals surface area contributed by atoms with E-state index in [0.29, 0.717) is 12.3 Å². The number of hydrogen-bond donors (Lipinski definition) is 2. The van der Waals surface area contributed by atoms with Gasteiger partial charge in [0.05, 0.1) is 10.5 Å². The van der Waals surface area contributed by atoms with Crippen molar-refractivity contribution in [1.29, 1.82) is 0 Å². The minimum Gasteiger partial charge on any atom is -0.618 e. The molecule has 9 nitrogen and oxygen atoms in total. The number of pyridine rings is 1. The molecule has 0 fully saturated rings. The first-order valence-corrected chi connectivity index (χ1v) is 7.46. The summed E-state index contributed by atoms with van der Waals surface area (Å²) in [5.74, 6) is -2.35. The summed E-state index contributed by atoms with van der Waals surface area (Å²) in [7, 11) is 0. The molecule has 0 aliphatic carbocycles. The lowest BCUT2D eigenvalue weighted by Crippen LogP contribution is -2.31. The third kappa shape index (κ3) is 3.26. The van der Waals surface area contributed by atoms with Crippen molar-refractivity contribution in [3.63, 3.8) is 0 Å². The maximum atomic E-state index is 13.3. The van der Waals surface area contributed by atoms with Gasteiger partial charge in [-0.15, -0.1) is 0 Å². The Labute approximate surface area is 153 Å². The summed E-state index contributed by atoms with van der Waals surface area (Å²) in [6.45, 7) is 1.20. The van der Waals surface area contributed by atoms with E-state index in [4.69, 9.17) is 4.42 Å². The number of hydrogen-bond acceptors (Lipinski definition) is 7. The molecule has 2 N–H and O–H groups in total. The third-order valence-electron chi connectivity index (χ3n) is 3.84. The van der Waals surface area contributed by atoms with Crippen molar-refractivity contribution in [2.24, 2.45) is 0 Å². The van der Waals surface area contributed by atoms with Crippen LogP contribution in [0.15, 0.2) is 35.1 Å². The molecule has 2 aromatic heterocycles. The van der Waals surface area contributed by atoms with Crippen LogP contribution in [0.1, 0.15) is 11.3 Å². The van der Waals surface area contributed by atoms with Crippen LogP contribution in [0.3, 0.4) is 0 Å². The van der Waals surface area contributed by atoms with Gasteiger partial charge < -0.3 is 19.8 Å². The molecule has 3 rings (SSSR count). The van der Waals surface area contributed by atoms with Crippen LogP contribution in [0.4, 0.5) is 18.9 Å². The van der Waals surface area contributed by atoms with Gasteiger partial charge in [-0.05, 0) is 6.07 Å². The van der Waals surface area contributed by atoms with Gasteiger partial charge in [0, 0.05) is 24.6 Å². The number of alkyl halides is 3. The summed E-state index contributed by atoms with van der Waals surface area (Å²) in [6.07, 6.45) is -3.23. The number of oxazole rings is 1. The maximum Gasteiger partial charge on any atom is 0.417 e. The fraction of sp³-hybridized carbons (Fsp3) is 0.125. The van der Waals surface area contributed by atoms with E-state index in [1.54, 1.807) is 0 Å². The van der Waals surface area contributed by atoms with Crippen molar-refractivity contribution in [3.05, 3.63) is 57.2 Å². The topological polar surface area (TPSA) is 137 Å². The van der Waals surface area contributed by atoms with Gasteiger partial charge in [-0.2, -0.15) is 17.9 Å². The highest BCUT2D eigenvalue weighted by Crippen LogP contribution is 2.41. The van der Waals surface area contributed by atoms with Crippen molar-refractivity contribution in [3.8, 4) is 34.2 Å². The van der Waals surface area contributed by atoms with Crippen LogP contribution in [-0.2, 0) is 6.18 Å². The molecule has 0 radical (unpaired) electrons. The molecule has 0 spiro atoms. The minimum atomic E-state index is -4.79. The molecule has 0 unspecified atom stereocenters. The number of benzene rings is 1. The number of nitro groups is 1. The number of nitrogens with zero attached hydrogens (tertiary/aromatic N) is 3. The monoisotopic (exact) mass is 397 g/mol. The largest absolute Gasteiger partial charge is 0.618 e. The Kier molecular flexibility index (Phi) is 4.33. The first-order valence-electron chi connectivity index (χ1n) is 7.46. The van der Waals surface area contributed by atoms with E-state index in [-0.39, 0.29) is 21.7 Å². The smallest absolute Gasteiger partial charge is 0.417 e. The average molecular weight is 397 g/mol. The lowest BCUT2D eigenvalue weighted by Gasteiger charge is -2.11. The molecule has 0 saturated heterocycles. The lowest BCUT2D eigenvalue weighted by molar-refractivity contribution is -0.612. The molecule has 0 atom stereocenters. The van der Waals surface area contributed by atoms with E-state index in [1.807, 2.05) is 0 Å². The van der Waals surface area contributed by atoms with Gasteiger partial charge in [-0.3, -0.25) is 10.1 Å². The summed E-state index contributed by atoms with van der Waals surface area (Å²) >= 11 is 0. The minimum absolute atomic E-state index is 0.0901. The molecular weight excluding hydrogens is 387 g/mol. The SMILES string of the molecule is Cc1cc(C(F)(F)F)c(-c2nc(-c3cc(O)c(O)c([N+](=O)[O-])c3)co2)c[n+]1[O-]. The number of halogens is 3. The zero-order valence-electron chi connectivity index (χ0n) is 13.9. The molecular formula is C16H10F3N3O6. The van der Waals surface area contributed by atoms with E-state index in [2.05, 4.69) is 4.98 Å². The van der Waals surface area contributed by atoms with E-state index in [9.17, 15) is 38.7 Å². The van der Waals surface area contributed by atoms with Crippen molar-refractivity contribution in [1.82, 2.24) is 4.98 Å². The molecule has 0 aliphatic heterocycles. The fourth-order valence-corrected chi connectivity index (χ4v) is 2.47. The fourth-order valence-electron chi connectivity index (χ4n) is 2.47. The van der Waals surface area contributed by atoms with E-state index < -0.39 is 45.3 Å². The number of phenolic OH excluding ortho intramolecular Hbond substituents is 2. The normalized spacial score (nSPS) is 11.6. The van der Waals surface area contributed by atoms with Crippen LogP contribution in [0.2, 0.25) is 0 Å². The molecule has 28 heavy (non-hydrogen) atoms. The summed E-state index contributed by atoms with van der Waals surface area (Å²) in [6, 6.07) is 2.44. The second-order valence-corrected chi connectivity index (χ2v) is 5.72. The summed E-state index contributed by atoms with van der Waals surface area (Å²) in [5, 5.41) is 41.8. The van der Waals surface area contributed by atoms with Crippen LogP contribution in [-0.4, -0.2) is 20.1 Å². The Bertz CT molecular complexity index is 1090. The van der Waals surface area contributed by atoms with Crippen LogP contribution in [0.5, 0.6) is 11.5 Å². The number of aromatic nitrogens is 2. The van der Waals surface area contributed by atoms with E-state index >= 15 is 0 Å². The molecule has 0 aliphatic rings. The van der Waals surface area contributed by atoms with Crippen LogP contribution in [0, 0.1) is 22.2 Å². The number of aromatic hydroxyl groups is 2. The number of phenols is 2. The Balaban J connectivity index is 2.15. The highest BCUT2D eigenvalue weighted by atomic mass is 19.4. The van der Waals surface area contributed by atoms with Crippen molar-refractivity contribution >= 4 is 5.69 Å². The van der Waals surface area contributed by atoms with Gasteiger partial charge in [0.2, 0.25) is 11.6 Å². The highest BCUT2D eigenvalue weighted by Gasteiger charge is 2.37. The third-order valence-corrected chi connectivity index (χ3v) is 3.84. The quantitative estimate of drug-likeness (QED) is 0.227. The zero-order valence-corrected chi connectivity index (χ0v) is 13.9. The predicted molar refractivity (Wildman–Crippen MR) is 86.1 cm³/mol. The molecule has 3 aromatic rings. The van der Waals surface area contributed by atoms with Gasteiger partial charge in [0.15, 0.2) is 17.6 Å². The van der Waals surface area contributed by atoms with Gasteiger partial charge in [0.25, 0.3) is 0 Å². The summed E-state index contributed by atoms with van der Waals surface area (Å²) < 4.78 is 45.1. The van der Waals surface area contributed by atoms with E-state index in [0.717, 1.165) is 18.4 Å². The van der Waals surface area contributed by atoms with Gasteiger partial charge in [0.1, 0.15) is 17.5 Å². The average Bonchev–Trinajstić information content (AvgIpc) is 3.08. The van der Waals surface area contributed by atoms with E-state index in [1.165, 1.54) is 6.92 Å². The Morgan fingerprint density at radius 1 is 1.25 bits per heavy atom. The van der Waals surface area contributed by atoms with Crippen molar-refractivity contribution in [2.75, 3.05) is 0 Å². The second kappa shape index (κ2) is 6.40. The molecule has 1 aromatic carbocycles. The molecule has 0 bridgehead atoms. The standard InChI is InChI=1S/C16H10F3N3O6/c1-7-2-10(16(17,18)19)9(5-21(7)25)15-20-11(6-28-15)8-3-12(22(26)27)14(24)13(23)4-8/h2-6,23-24H,1H3. The zero-order chi connectivity index (χ0) is 20.8. The molecule has 2 heterocycles. The van der Waals surface area contributed by atoms with Crippen LogP contribution >= 0.6 is 0 Å². The number of rotatable bonds is 3. The van der Waals surface area contributed by atoms with Gasteiger partial charge >= 0.3 is 11.9 Å². The predicted octanol–water partition coefficient (Wildman–Crippen LogP) is 3.29. The van der Waals surface area contributed by atoms with Gasteiger partial charge in [-0.1, -0.05) is 0 Å². The Morgan fingerprint density at radius 3 is 2.54 bits per heavy atom. The highest BCUT2D eigenvalue weighted by molar-refractivity contribution is 5.71.